The van der Waals surface area contributed by atoms with E-state index in [1.807, 2.05) is 6.20 Å². The van der Waals surface area contributed by atoms with Crippen LogP contribution in [0.4, 0.5) is 0 Å². The summed E-state index contributed by atoms with van der Waals surface area (Å²) >= 11 is 0. The molecular weight excluding hydrogens is 340 g/mol. The molecule has 0 aliphatic carbocycles. The standard InChI is InChI=1S/C26H54N2/c1-6-9-11-13-15-16-18-20-22-26(5)24-28(27-8-3)23-25(4)21-19-17-14-12-10-7-2/h8,25-27H,3,6-7,9-24H2,1-2,4-5H3. The molecule has 0 rings (SSSR count). The van der Waals surface area contributed by atoms with Gasteiger partial charge in [-0.15, -0.1) is 0 Å². The van der Waals surface area contributed by atoms with Gasteiger partial charge in [-0.05, 0) is 24.7 Å². The van der Waals surface area contributed by atoms with E-state index in [0.717, 1.165) is 24.9 Å². The Bertz CT molecular complexity index is 316. The highest BCUT2D eigenvalue weighted by Crippen LogP contribution is 2.16. The Morgan fingerprint density at radius 2 is 1.00 bits per heavy atom. The van der Waals surface area contributed by atoms with E-state index in [-0.39, 0.29) is 0 Å². The fourth-order valence-corrected chi connectivity index (χ4v) is 4.14. The number of hydrogen-bond donors (Lipinski definition) is 1. The van der Waals surface area contributed by atoms with Crippen molar-refractivity contribution in [3.8, 4) is 0 Å². The predicted molar refractivity (Wildman–Crippen MR) is 128 cm³/mol. The molecule has 2 atom stereocenters. The third-order valence-corrected chi connectivity index (χ3v) is 5.94. The largest absolute Gasteiger partial charge is 0.327 e. The zero-order valence-corrected chi connectivity index (χ0v) is 20.1. The van der Waals surface area contributed by atoms with Crippen molar-refractivity contribution in [1.29, 1.82) is 0 Å². The van der Waals surface area contributed by atoms with Crippen molar-refractivity contribution >= 4 is 0 Å². The first-order valence-electron chi connectivity index (χ1n) is 12.8. The molecule has 0 saturated carbocycles. The molecular formula is C26H54N2. The summed E-state index contributed by atoms with van der Waals surface area (Å²) in [6.07, 6.45) is 24.3. The van der Waals surface area contributed by atoms with E-state index in [9.17, 15) is 0 Å². The lowest BCUT2D eigenvalue weighted by Crippen LogP contribution is -2.40. The Labute approximate surface area is 178 Å². The predicted octanol–water partition coefficient (Wildman–Crippen LogP) is 8.49. The first-order valence-corrected chi connectivity index (χ1v) is 12.8. The zero-order chi connectivity index (χ0) is 20.9. The molecule has 0 radical (unpaired) electrons. The van der Waals surface area contributed by atoms with Crippen LogP contribution < -0.4 is 5.43 Å². The van der Waals surface area contributed by atoms with Gasteiger partial charge in [0.05, 0.1) is 0 Å². The van der Waals surface area contributed by atoms with Crippen LogP contribution in [-0.4, -0.2) is 18.1 Å². The third kappa shape index (κ3) is 18.8. The normalized spacial score (nSPS) is 13.6. The van der Waals surface area contributed by atoms with Crippen molar-refractivity contribution in [2.24, 2.45) is 11.8 Å². The lowest BCUT2D eigenvalue weighted by atomic mass is 9.99. The molecule has 28 heavy (non-hydrogen) atoms. The second-order valence-electron chi connectivity index (χ2n) is 9.27. The van der Waals surface area contributed by atoms with Crippen LogP contribution in [0, 0.1) is 11.8 Å². The van der Waals surface area contributed by atoms with Crippen LogP contribution in [0.25, 0.3) is 0 Å². The summed E-state index contributed by atoms with van der Waals surface area (Å²) in [5.74, 6) is 1.52. The molecule has 0 aliphatic heterocycles. The smallest absolute Gasteiger partial charge is 0.0204 e. The highest BCUT2D eigenvalue weighted by atomic mass is 15.5. The molecule has 1 N–H and O–H groups in total. The Hall–Kier alpha value is -0.500. The Morgan fingerprint density at radius 1 is 0.643 bits per heavy atom. The molecule has 0 amide bonds. The molecule has 0 aromatic rings. The van der Waals surface area contributed by atoms with E-state index in [1.54, 1.807) is 0 Å². The Morgan fingerprint density at radius 3 is 1.36 bits per heavy atom. The van der Waals surface area contributed by atoms with Gasteiger partial charge in [-0.3, -0.25) is 0 Å². The number of nitrogens with zero attached hydrogens (tertiary/aromatic N) is 1. The molecule has 0 spiro atoms. The van der Waals surface area contributed by atoms with Crippen LogP contribution in [0.15, 0.2) is 12.8 Å². The van der Waals surface area contributed by atoms with Crippen molar-refractivity contribution in [3.05, 3.63) is 12.8 Å². The molecule has 0 saturated heterocycles. The molecule has 0 heterocycles. The molecule has 0 aromatic heterocycles. The van der Waals surface area contributed by atoms with Crippen LogP contribution in [0.3, 0.4) is 0 Å². The van der Waals surface area contributed by atoms with Gasteiger partial charge in [-0.25, -0.2) is 5.01 Å². The van der Waals surface area contributed by atoms with Gasteiger partial charge in [0.2, 0.25) is 0 Å². The number of nitrogens with one attached hydrogen (secondary N) is 1. The van der Waals surface area contributed by atoms with Crippen molar-refractivity contribution in [1.82, 2.24) is 10.4 Å². The minimum Gasteiger partial charge on any atom is -0.327 e. The van der Waals surface area contributed by atoms with E-state index in [2.05, 4.69) is 44.7 Å². The summed E-state index contributed by atoms with van der Waals surface area (Å²) in [4.78, 5) is 0. The summed E-state index contributed by atoms with van der Waals surface area (Å²) in [5.41, 5.74) is 3.39. The maximum absolute atomic E-state index is 3.88. The van der Waals surface area contributed by atoms with Gasteiger partial charge < -0.3 is 5.43 Å². The molecule has 0 fully saturated rings. The van der Waals surface area contributed by atoms with Gasteiger partial charge in [-0.1, -0.05) is 124 Å². The first kappa shape index (κ1) is 27.5. The van der Waals surface area contributed by atoms with E-state index >= 15 is 0 Å². The van der Waals surface area contributed by atoms with Crippen LogP contribution in [-0.2, 0) is 0 Å². The number of hydrazine groups is 1. The van der Waals surface area contributed by atoms with Gasteiger partial charge >= 0.3 is 0 Å². The molecule has 168 valence electrons. The minimum absolute atomic E-state index is 0.758. The average Bonchev–Trinajstić information content (AvgIpc) is 2.67. The summed E-state index contributed by atoms with van der Waals surface area (Å²) < 4.78 is 0. The van der Waals surface area contributed by atoms with E-state index in [4.69, 9.17) is 0 Å². The van der Waals surface area contributed by atoms with Crippen molar-refractivity contribution in [2.45, 2.75) is 130 Å². The first-order chi connectivity index (χ1) is 13.6. The van der Waals surface area contributed by atoms with Gasteiger partial charge in [0, 0.05) is 19.3 Å². The lowest BCUT2D eigenvalue weighted by molar-refractivity contribution is 0.157. The quantitative estimate of drug-likeness (QED) is 0.146. The fourth-order valence-electron chi connectivity index (χ4n) is 4.14. The molecule has 0 aromatic carbocycles. The average molecular weight is 395 g/mol. The molecule has 2 nitrogen and oxygen atoms in total. The van der Waals surface area contributed by atoms with Crippen molar-refractivity contribution in [2.75, 3.05) is 13.1 Å². The summed E-state index contributed by atoms with van der Waals surface area (Å²) in [6, 6.07) is 0. The SMILES string of the molecule is C=CNN(CC(C)CCCCCCCC)CC(C)CCCCCCCCCC. The Kier molecular flexibility index (Phi) is 20.8. The maximum Gasteiger partial charge on any atom is 0.0204 e. The maximum atomic E-state index is 3.88. The fraction of sp³-hybridized carbons (Fsp3) is 0.923. The second-order valence-corrected chi connectivity index (χ2v) is 9.27. The lowest BCUT2D eigenvalue weighted by Gasteiger charge is -2.28. The number of hydrogen-bond acceptors (Lipinski definition) is 2. The summed E-state index contributed by atoms with van der Waals surface area (Å²) in [7, 11) is 0. The topological polar surface area (TPSA) is 15.3 Å². The number of rotatable bonds is 22. The summed E-state index contributed by atoms with van der Waals surface area (Å²) in [5, 5.41) is 2.41. The van der Waals surface area contributed by atoms with Crippen molar-refractivity contribution in [3.63, 3.8) is 0 Å². The van der Waals surface area contributed by atoms with Gasteiger partial charge in [0.1, 0.15) is 0 Å². The van der Waals surface area contributed by atoms with E-state index < -0.39 is 0 Å². The van der Waals surface area contributed by atoms with Crippen LogP contribution >= 0.6 is 0 Å². The monoisotopic (exact) mass is 394 g/mol. The van der Waals surface area contributed by atoms with Gasteiger partial charge in [0.15, 0.2) is 0 Å². The van der Waals surface area contributed by atoms with Gasteiger partial charge in [-0.2, -0.15) is 0 Å². The van der Waals surface area contributed by atoms with Gasteiger partial charge in [0.25, 0.3) is 0 Å². The van der Waals surface area contributed by atoms with E-state index in [1.165, 1.54) is 103 Å². The molecule has 0 bridgehead atoms. The number of unbranched alkanes of at least 4 members (excludes halogenated alkanes) is 12. The second kappa shape index (κ2) is 21.2. The van der Waals surface area contributed by atoms with Crippen LogP contribution in [0.2, 0.25) is 0 Å². The van der Waals surface area contributed by atoms with Crippen LogP contribution in [0.1, 0.15) is 130 Å². The van der Waals surface area contributed by atoms with Crippen molar-refractivity contribution < 1.29 is 0 Å². The molecule has 0 aliphatic rings. The highest BCUT2D eigenvalue weighted by molar-refractivity contribution is 4.69. The molecule has 2 heteroatoms. The third-order valence-electron chi connectivity index (χ3n) is 5.94. The summed E-state index contributed by atoms with van der Waals surface area (Å²) in [6.45, 7) is 15.6. The van der Waals surface area contributed by atoms with Crippen LogP contribution in [0.5, 0.6) is 0 Å². The van der Waals surface area contributed by atoms with E-state index in [0.29, 0.717) is 0 Å². The highest BCUT2D eigenvalue weighted by Gasteiger charge is 2.12. The molecule has 2 unspecified atom stereocenters. The minimum atomic E-state index is 0.758. The Balaban J connectivity index is 3.81. The zero-order valence-electron chi connectivity index (χ0n) is 20.1.